The summed E-state index contributed by atoms with van der Waals surface area (Å²) in [6, 6.07) is 11.5. The number of azo groups is 2. The number of benzene rings is 2. The van der Waals surface area contributed by atoms with Crippen LogP contribution in [0.5, 0.6) is 0 Å². The van der Waals surface area contributed by atoms with Gasteiger partial charge in [-0.3, -0.25) is 0 Å². The summed E-state index contributed by atoms with van der Waals surface area (Å²) in [5.74, 6) is -2.80. The summed E-state index contributed by atoms with van der Waals surface area (Å²) < 4.78 is 35.9. The van der Waals surface area contributed by atoms with Gasteiger partial charge in [0.1, 0.15) is 17.4 Å². The van der Waals surface area contributed by atoms with Crippen LogP contribution in [0.4, 0.5) is 8.78 Å². The second kappa shape index (κ2) is 17.5. The van der Waals surface area contributed by atoms with Gasteiger partial charge in [0.15, 0.2) is 5.76 Å². The molecule has 4 rings (SSSR count). The molecule has 2 fully saturated rings. The van der Waals surface area contributed by atoms with E-state index in [0.29, 0.717) is 16.7 Å². The van der Waals surface area contributed by atoms with Crippen molar-refractivity contribution in [1.82, 2.24) is 4.90 Å². The topological polar surface area (TPSA) is 146 Å². The highest BCUT2D eigenvalue weighted by Crippen LogP contribution is 2.29. The molecule has 13 heteroatoms. The van der Waals surface area contributed by atoms with Crippen LogP contribution in [0.15, 0.2) is 98.1 Å². The smallest absolute Gasteiger partial charge is 0.362 e. The lowest BCUT2D eigenvalue weighted by Gasteiger charge is -2.13. The maximum absolute atomic E-state index is 13.2. The largest absolute Gasteiger partial charge is 0.509 e. The van der Waals surface area contributed by atoms with Crippen molar-refractivity contribution in [3.05, 3.63) is 100 Å². The number of ether oxygens (including phenoxy) is 2. The van der Waals surface area contributed by atoms with Crippen LogP contribution in [-0.2, 0) is 25.5 Å². The van der Waals surface area contributed by atoms with E-state index in [-0.39, 0.29) is 60.4 Å². The summed E-state index contributed by atoms with van der Waals surface area (Å²) in [7, 11) is 3.54. The second-order valence-corrected chi connectivity index (χ2v) is 10.6. The fraction of sp³-hybridized carbons (Fsp3) is 0.394. The zero-order valence-electron chi connectivity index (χ0n) is 26.3. The van der Waals surface area contributed by atoms with Gasteiger partial charge in [-0.2, -0.15) is 10.2 Å². The maximum Gasteiger partial charge on any atom is 0.362 e. The molecule has 0 atom stereocenters. The Balaban J connectivity index is 0.000000254. The molecule has 2 saturated carbocycles. The Labute approximate surface area is 266 Å². The first-order valence-corrected chi connectivity index (χ1v) is 14.9. The lowest BCUT2D eigenvalue weighted by atomic mass is 10.0. The minimum atomic E-state index is -0.754. The Morgan fingerprint density at radius 3 is 1.72 bits per heavy atom. The SMILES string of the molecule is CCOC(=O)C(N=NC1CC1)=C(O)C(=CN(C)C)c1ccc(F)cc1.CCOC(=O)C(N=NC1CC1)=C(O)Cc1ccc(F)cc1. The van der Waals surface area contributed by atoms with Crippen LogP contribution < -0.4 is 0 Å². The van der Waals surface area contributed by atoms with Crippen LogP contribution >= 0.6 is 0 Å². The Bertz CT molecular complexity index is 1490. The molecule has 0 amide bonds. The third-order valence-corrected chi connectivity index (χ3v) is 6.25. The quantitative estimate of drug-likeness (QED) is 0.0790. The van der Waals surface area contributed by atoms with Crippen molar-refractivity contribution in [1.29, 1.82) is 0 Å². The van der Waals surface area contributed by atoms with E-state index in [9.17, 15) is 28.6 Å². The Morgan fingerprint density at radius 2 is 1.26 bits per heavy atom. The van der Waals surface area contributed by atoms with Gasteiger partial charge in [0.05, 0.1) is 25.3 Å². The minimum absolute atomic E-state index is 0.0676. The monoisotopic (exact) mass is 639 g/mol. The molecule has 0 radical (unpaired) electrons. The summed E-state index contributed by atoms with van der Waals surface area (Å²) in [6.07, 6.45) is 5.40. The van der Waals surface area contributed by atoms with Gasteiger partial charge in [-0.25, -0.2) is 18.4 Å². The van der Waals surface area contributed by atoms with E-state index in [1.165, 1.54) is 48.5 Å². The lowest BCUT2D eigenvalue weighted by molar-refractivity contribution is -0.139. The van der Waals surface area contributed by atoms with Gasteiger partial charge in [-0.1, -0.05) is 24.3 Å². The van der Waals surface area contributed by atoms with Gasteiger partial charge in [0.25, 0.3) is 0 Å². The normalized spacial score (nSPS) is 15.9. The van der Waals surface area contributed by atoms with Gasteiger partial charge in [-0.05, 0) is 74.9 Å². The van der Waals surface area contributed by atoms with Crippen LogP contribution in [0.1, 0.15) is 50.7 Å². The van der Waals surface area contributed by atoms with Crippen molar-refractivity contribution < 1.29 is 38.1 Å². The first-order valence-electron chi connectivity index (χ1n) is 14.9. The number of allylic oxidation sites excluding steroid dienone is 2. The summed E-state index contributed by atoms with van der Waals surface area (Å²) in [5.41, 5.74) is 1.08. The number of nitrogens with zero attached hydrogens (tertiary/aromatic N) is 5. The fourth-order valence-electron chi connectivity index (χ4n) is 3.63. The summed E-state index contributed by atoms with van der Waals surface area (Å²) in [6.45, 7) is 3.68. The molecule has 0 spiro atoms. The standard InChI is InChI=1S/C18H22FN3O3.C15H17FN2O3/c1-4-25-18(24)16(21-20-14-9-10-14)17(23)15(11-22(2)3)12-5-7-13(19)8-6-12;1-2-21-15(20)14(18-17-12-7-8-12)13(19)9-10-3-5-11(16)6-4-10/h5-8,11,14,23H,4,9-10H2,1-3H3;3-6,12,19H,2,7-9H2,1H3. The molecule has 0 heterocycles. The number of hydrogen-bond acceptors (Lipinski definition) is 11. The Hall–Kier alpha value is -4.94. The Morgan fingerprint density at radius 1 is 0.804 bits per heavy atom. The highest BCUT2D eigenvalue weighted by Gasteiger charge is 2.25. The molecule has 2 aromatic rings. The number of hydrogen-bond donors (Lipinski definition) is 2. The van der Waals surface area contributed by atoms with Crippen molar-refractivity contribution >= 4 is 17.5 Å². The van der Waals surface area contributed by atoms with E-state index < -0.39 is 17.8 Å². The Kier molecular flexibility index (Phi) is 13.5. The van der Waals surface area contributed by atoms with E-state index in [1.807, 2.05) is 0 Å². The first-order chi connectivity index (χ1) is 22.0. The lowest BCUT2D eigenvalue weighted by Crippen LogP contribution is -2.11. The highest BCUT2D eigenvalue weighted by atomic mass is 19.1. The van der Waals surface area contributed by atoms with E-state index in [4.69, 9.17) is 9.47 Å². The molecular weight excluding hydrogens is 600 g/mol. The summed E-state index contributed by atoms with van der Waals surface area (Å²) >= 11 is 0. The zero-order chi connectivity index (χ0) is 33.6. The average Bonchev–Trinajstić information content (AvgIpc) is 3.95. The number of aliphatic hydroxyl groups excluding tert-OH is 2. The number of halogens is 2. The molecule has 2 aliphatic carbocycles. The predicted molar refractivity (Wildman–Crippen MR) is 166 cm³/mol. The zero-order valence-corrected chi connectivity index (χ0v) is 26.3. The van der Waals surface area contributed by atoms with Gasteiger partial charge in [0.2, 0.25) is 11.4 Å². The van der Waals surface area contributed by atoms with E-state index >= 15 is 0 Å². The predicted octanol–water partition coefficient (Wildman–Crippen LogP) is 6.99. The molecule has 2 aromatic carbocycles. The van der Waals surface area contributed by atoms with Crippen molar-refractivity contribution in [2.45, 2.75) is 58.0 Å². The molecule has 0 saturated heterocycles. The first kappa shape index (κ1) is 35.5. The second-order valence-electron chi connectivity index (χ2n) is 10.6. The number of esters is 2. The molecule has 11 nitrogen and oxygen atoms in total. The van der Waals surface area contributed by atoms with Gasteiger partial charge < -0.3 is 24.6 Å². The van der Waals surface area contributed by atoms with Crippen LogP contribution in [0.2, 0.25) is 0 Å². The molecule has 246 valence electrons. The van der Waals surface area contributed by atoms with Crippen molar-refractivity contribution in [2.24, 2.45) is 20.5 Å². The third-order valence-electron chi connectivity index (χ3n) is 6.25. The third kappa shape index (κ3) is 11.9. The van der Waals surface area contributed by atoms with Crippen LogP contribution in [0.3, 0.4) is 0 Å². The molecule has 0 aromatic heterocycles. The van der Waals surface area contributed by atoms with Crippen molar-refractivity contribution in [3.63, 3.8) is 0 Å². The molecular formula is C33H39F2N5O6. The van der Waals surface area contributed by atoms with Crippen LogP contribution in [-0.4, -0.2) is 66.4 Å². The van der Waals surface area contributed by atoms with Crippen molar-refractivity contribution in [2.75, 3.05) is 27.3 Å². The van der Waals surface area contributed by atoms with E-state index in [0.717, 1.165) is 25.7 Å². The minimum Gasteiger partial charge on any atom is -0.509 e. The highest BCUT2D eigenvalue weighted by molar-refractivity contribution is 5.93. The summed E-state index contributed by atoms with van der Waals surface area (Å²) in [5, 5.41) is 36.5. The molecule has 46 heavy (non-hydrogen) atoms. The number of carbonyl (C=O) groups excluding carboxylic acids is 2. The molecule has 2 N–H and O–H groups in total. The van der Waals surface area contributed by atoms with Crippen LogP contribution in [0.25, 0.3) is 5.57 Å². The maximum atomic E-state index is 13.2. The van der Waals surface area contributed by atoms with E-state index in [2.05, 4.69) is 20.5 Å². The number of carbonyl (C=O) groups is 2. The van der Waals surface area contributed by atoms with Crippen LogP contribution in [0, 0.1) is 11.6 Å². The molecule has 0 unspecified atom stereocenters. The van der Waals surface area contributed by atoms with Gasteiger partial charge in [-0.15, -0.1) is 10.2 Å². The summed E-state index contributed by atoms with van der Waals surface area (Å²) in [4.78, 5) is 25.7. The fourth-order valence-corrected chi connectivity index (χ4v) is 3.63. The molecule has 2 aliphatic rings. The molecule has 0 bridgehead atoms. The number of aliphatic hydroxyl groups is 2. The van der Waals surface area contributed by atoms with Gasteiger partial charge in [0, 0.05) is 32.3 Å². The average molecular weight is 640 g/mol. The van der Waals surface area contributed by atoms with Gasteiger partial charge >= 0.3 is 11.9 Å². The van der Waals surface area contributed by atoms with Crippen molar-refractivity contribution in [3.8, 4) is 0 Å². The number of rotatable bonds is 13. The van der Waals surface area contributed by atoms with E-state index in [1.54, 1.807) is 39.0 Å². The molecule has 0 aliphatic heterocycles.